The summed E-state index contributed by atoms with van der Waals surface area (Å²) in [5.41, 5.74) is 4.65. The Morgan fingerprint density at radius 1 is 1.89 bits per heavy atom. The Morgan fingerprint density at radius 2 is 2.33 bits per heavy atom. The SMILES string of the molecule is C#CC(=O)C(C)(N)CC. The van der Waals surface area contributed by atoms with Crippen LogP contribution in [0.25, 0.3) is 0 Å². The summed E-state index contributed by atoms with van der Waals surface area (Å²) in [5, 5.41) is 0. The van der Waals surface area contributed by atoms with Gasteiger partial charge in [-0.3, -0.25) is 4.79 Å². The van der Waals surface area contributed by atoms with Gasteiger partial charge in [-0.2, -0.15) is 0 Å². The molecule has 0 aromatic rings. The lowest BCUT2D eigenvalue weighted by molar-refractivity contribution is -0.118. The second kappa shape index (κ2) is 2.65. The van der Waals surface area contributed by atoms with Gasteiger partial charge in [-0.1, -0.05) is 6.92 Å². The average molecular weight is 125 g/mol. The predicted octanol–water partition coefficient (Wildman–Crippen LogP) is 0.316. The molecule has 50 valence electrons. The summed E-state index contributed by atoms with van der Waals surface area (Å²) in [6.45, 7) is 3.46. The molecule has 2 heteroatoms. The topological polar surface area (TPSA) is 43.1 Å². The van der Waals surface area contributed by atoms with Crippen LogP contribution in [-0.2, 0) is 4.79 Å². The highest BCUT2D eigenvalue weighted by Gasteiger charge is 2.23. The highest BCUT2D eigenvalue weighted by Crippen LogP contribution is 2.04. The van der Waals surface area contributed by atoms with Gasteiger partial charge in [0.15, 0.2) is 0 Å². The van der Waals surface area contributed by atoms with E-state index in [0.29, 0.717) is 6.42 Å². The molecule has 0 aromatic heterocycles. The van der Waals surface area contributed by atoms with Gasteiger partial charge in [0, 0.05) is 0 Å². The quantitative estimate of drug-likeness (QED) is 0.426. The maximum Gasteiger partial charge on any atom is 0.224 e. The molecule has 0 aliphatic carbocycles. The molecule has 0 aliphatic heterocycles. The Hall–Kier alpha value is -0.810. The van der Waals surface area contributed by atoms with Gasteiger partial charge in [-0.15, -0.1) is 6.42 Å². The third-order valence-electron chi connectivity index (χ3n) is 1.38. The number of terminal acetylenes is 1. The fraction of sp³-hybridized carbons (Fsp3) is 0.571. The van der Waals surface area contributed by atoms with E-state index in [1.165, 1.54) is 0 Å². The van der Waals surface area contributed by atoms with E-state index in [1.54, 1.807) is 6.92 Å². The van der Waals surface area contributed by atoms with Crippen LogP contribution in [0.2, 0.25) is 0 Å². The first-order valence-corrected chi connectivity index (χ1v) is 2.84. The van der Waals surface area contributed by atoms with Crippen molar-refractivity contribution in [2.45, 2.75) is 25.8 Å². The molecule has 1 atom stereocenters. The van der Waals surface area contributed by atoms with Crippen LogP contribution in [0.5, 0.6) is 0 Å². The lowest BCUT2D eigenvalue weighted by Gasteiger charge is -2.16. The van der Waals surface area contributed by atoms with Crippen LogP contribution in [0.4, 0.5) is 0 Å². The fourth-order valence-electron chi connectivity index (χ4n) is 0.325. The van der Waals surface area contributed by atoms with Gasteiger partial charge < -0.3 is 5.73 Å². The van der Waals surface area contributed by atoms with Crippen LogP contribution >= 0.6 is 0 Å². The zero-order valence-electron chi connectivity index (χ0n) is 5.77. The van der Waals surface area contributed by atoms with E-state index in [4.69, 9.17) is 12.2 Å². The molecule has 2 nitrogen and oxygen atoms in total. The van der Waals surface area contributed by atoms with Crippen LogP contribution in [-0.4, -0.2) is 11.3 Å². The maximum atomic E-state index is 10.7. The molecular weight excluding hydrogens is 114 g/mol. The monoisotopic (exact) mass is 125 g/mol. The summed E-state index contributed by atoms with van der Waals surface area (Å²) in [4.78, 5) is 10.7. The molecule has 0 spiro atoms. The number of rotatable bonds is 2. The minimum absolute atomic E-state index is 0.329. The van der Waals surface area contributed by atoms with Crippen molar-refractivity contribution in [3.8, 4) is 12.3 Å². The molecule has 0 amide bonds. The molecule has 0 heterocycles. The van der Waals surface area contributed by atoms with Crippen LogP contribution in [0.1, 0.15) is 20.3 Å². The summed E-state index contributed by atoms with van der Waals surface area (Å²) in [5.74, 6) is 1.66. The van der Waals surface area contributed by atoms with Gasteiger partial charge in [0.2, 0.25) is 5.78 Å². The van der Waals surface area contributed by atoms with E-state index in [9.17, 15) is 4.79 Å². The van der Waals surface area contributed by atoms with Gasteiger partial charge in [0.1, 0.15) is 0 Å². The summed E-state index contributed by atoms with van der Waals surface area (Å²) in [7, 11) is 0. The molecule has 0 aromatic carbocycles. The predicted molar refractivity (Wildman–Crippen MR) is 36.7 cm³/mol. The normalized spacial score (nSPS) is 15.8. The molecular formula is C7H11NO. The Bertz CT molecular complexity index is 153. The third kappa shape index (κ3) is 1.87. The van der Waals surface area contributed by atoms with E-state index in [2.05, 4.69) is 0 Å². The number of hydrogen-bond acceptors (Lipinski definition) is 2. The second-order valence-electron chi connectivity index (χ2n) is 2.24. The van der Waals surface area contributed by atoms with Crippen LogP contribution < -0.4 is 5.73 Å². The van der Waals surface area contributed by atoms with E-state index in [0.717, 1.165) is 0 Å². The third-order valence-corrected chi connectivity index (χ3v) is 1.38. The highest BCUT2D eigenvalue weighted by atomic mass is 16.1. The van der Waals surface area contributed by atoms with E-state index in [-0.39, 0.29) is 5.78 Å². The number of carbonyl (C=O) groups excluding carboxylic acids is 1. The van der Waals surface area contributed by atoms with Gasteiger partial charge in [0.25, 0.3) is 0 Å². The Morgan fingerprint density at radius 3 is 2.44 bits per heavy atom. The number of nitrogens with two attached hydrogens (primary N) is 1. The lowest BCUT2D eigenvalue weighted by atomic mass is 9.95. The molecule has 0 fully saturated rings. The zero-order chi connectivity index (χ0) is 7.49. The first-order chi connectivity index (χ1) is 4.04. The first-order valence-electron chi connectivity index (χ1n) is 2.84. The highest BCUT2D eigenvalue weighted by molar-refractivity contribution is 6.01. The maximum absolute atomic E-state index is 10.7. The number of hydrogen-bond donors (Lipinski definition) is 1. The lowest BCUT2D eigenvalue weighted by Crippen LogP contribution is -2.43. The summed E-state index contributed by atoms with van der Waals surface area (Å²) in [6.07, 6.45) is 5.43. The average Bonchev–Trinajstić information content (AvgIpc) is 1.86. The van der Waals surface area contributed by atoms with Crippen LogP contribution in [0.3, 0.4) is 0 Å². The summed E-state index contributed by atoms with van der Waals surface area (Å²) < 4.78 is 0. The van der Waals surface area contributed by atoms with Crippen molar-refractivity contribution in [1.29, 1.82) is 0 Å². The number of Topliss-reactive ketones (excluding diaryl/α,β-unsaturated/α-hetero) is 1. The van der Waals surface area contributed by atoms with Crippen LogP contribution in [0, 0.1) is 12.3 Å². The second-order valence-corrected chi connectivity index (χ2v) is 2.24. The molecule has 2 N–H and O–H groups in total. The first kappa shape index (κ1) is 8.19. The van der Waals surface area contributed by atoms with Crippen LogP contribution in [0.15, 0.2) is 0 Å². The molecule has 0 saturated heterocycles. The Kier molecular flexibility index (Phi) is 2.41. The van der Waals surface area contributed by atoms with Crippen molar-refractivity contribution in [3.05, 3.63) is 0 Å². The van der Waals surface area contributed by atoms with E-state index in [1.807, 2.05) is 12.8 Å². The van der Waals surface area contributed by atoms with E-state index >= 15 is 0 Å². The minimum Gasteiger partial charge on any atom is -0.318 e. The smallest absolute Gasteiger partial charge is 0.224 e. The molecule has 0 radical (unpaired) electrons. The Balaban J connectivity index is 4.19. The zero-order valence-corrected chi connectivity index (χ0v) is 5.77. The molecule has 0 saturated carbocycles. The molecule has 0 rings (SSSR count). The van der Waals surface area contributed by atoms with Crippen molar-refractivity contribution in [1.82, 2.24) is 0 Å². The molecule has 0 bridgehead atoms. The fourth-order valence-corrected chi connectivity index (χ4v) is 0.325. The minimum atomic E-state index is -0.825. The van der Waals surface area contributed by atoms with Gasteiger partial charge >= 0.3 is 0 Å². The summed E-state index contributed by atoms with van der Waals surface area (Å²) >= 11 is 0. The van der Waals surface area contributed by atoms with E-state index < -0.39 is 5.54 Å². The molecule has 1 unspecified atom stereocenters. The van der Waals surface area contributed by atoms with Gasteiger partial charge in [-0.25, -0.2) is 0 Å². The van der Waals surface area contributed by atoms with Crippen molar-refractivity contribution < 1.29 is 4.79 Å². The van der Waals surface area contributed by atoms with Crippen molar-refractivity contribution in [2.24, 2.45) is 5.73 Å². The largest absolute Gasteiger partial charge is 0.318 e. The Labute approximate surface area is 55.4 Å². The van der Waals surface area contributed by atoms with Crippen molar-refractivity contribution >= 4 is 5.78 Å². The molecule has 9 heavy (non-hydrogen) atoms. The number of ketones is 1. The van der Waals surface area contributed by atoms with Gasteiger partial charge in [-0.05, 0) is 19.3 Å². The van der Waals surface area contributed by atoms with Crippen molar-refractivity contribution in [3.63, 3.8) is 0 Å². The summed E-state index contributed by atoms with van der Waals surface area (Å²) in [6, 6.07) is 0. The molecule has 0 aliphatic rings. The standard InChI is InChI=1S/C7H11NO/c1-4-6(9)7(3,8)5-2/h1H,5,8H2,2-3H3. The van der Waals surface area contributed by atoms with Crippen molar-refractivity contribution in [2.75, 3.05) is 0 Å². The van der Waals surface area contributed by atoms with Gasteiger partial charge in [0.05, 0.1) is 5.54 Å². The number of carbonyl (C=O) groups is 1.